The lowest BCUT2D eigenvalue weighted by Gasteiger charge is -2.38. The number of hydrogen-bond acceptors (Lipinski definition) is 4. The minimum atomic E-state index is -3.36. The maximum absolute atomic E-state index is 10.7. The van der Waals surface area contributed by atoms with Crippen LogP contribution in [0.3, 0.4) is 0 Å². The monoisotopic (exact) mass is 194 g/mol. The molecule has 5 nitrogen and oxygen atoms in total. The zero-order valence-electron chi connectivity index (χ0n) is 6.97. The van der Waals surface area contributed by atoms with Crippen LogP contribution in [0.2, 0.25) is 0 Å². The van der Waals surface area contributed by atoms with Gasteiger partial charge in [-0.2, -0.15) is 0 Å². The predicted octanol–water partition coefficient (Wildman–Crippen LogP) is -1.66. The first-order valence-electron chi connectivity index (χ1n) is 3.81. The Bertz CT molecular complexity index is 244. The summed E-state index contributed by atoms with van der Waals surface area (Å²) in [5.74, 6) is 0. The Labute approximate surface area is 72.2 Å². The summed E-state index contributed by atoms with van der Waals surface area (Å²) in [5.41, 5.74) is 0. The smallest absolute Gasteiger partial charge is 0.214 e. The second-order valence-corrected chi connectivity index (χ2v) is 5.12. The van der Waals surface area contributed by atoms with E-state index < -0.39 is 21.4 Å². The lowest BCUT2D eigenvalue weighted by Crippen LogP contribution is -2.57. The van der Waals surface area contributed by atoms with Gasteiger partial charge in [-0.05, 0) is 6.92 Å². The van der Waals surface area contributed by atoms with Crippen molar-refractivity contribution in [2.24, 2.45) is 5.14 Å². The van der Waals surface area contributed by atoms with Gasteiger partial charge in [0.25, 0.3) is 0 Å². The van der Waals surface area contributed by atoms with Gasteiger partial charge < -0.3 is 5.11 Å². The molecule has 1 rings (SSSR count). The first-order valence-corrected chi connectivity index (χ1v) is 5.42. The number of rotatable bonds is 3. The Morgan fingerprint density at radius 3 is 2.50 bits per heavy atom. The molecular formula is C6H14N2O3S. The fourth-order valence-corrected chi connectivity index (χ4v) is 2.09. The Morgan fingerprint density at radius 2 is 2.17 bits per heavy atom. The van der Waals surface area contributed by atoms with E-state index in [0.29, 0.717) is 19.6 Å². The molecule has 0 aromatic heterocycles. The minimum Gasteiger partial charge on any atom is -0.392 e. The SMILES string of the molecule is CC(O)CN1CC(S(N)(=O)=O)C1. The third kappa shape index (κ3) is 2.41. The molecule has 0 saturated carbocycles. The van der Waals surface area contributed by atoms with Crippen LogP contribution < -0.4 is 5.14 Å². The summed E-state index contributed by atoms with van der Waals surface area (Å²) in [4.78, 5) is 1.86. The molecule has 6 heteroatoms. The molecule has 0 aliphatic carbocycles. The maximum atomic E-state index is 10.7. The van der Waals surface area contributed by atoms with Crippen LogP contribution in [-0.4, -0.2) is 49.4 Å². The van der Waals surface area contributed by atoms with Crippen LogP contribution in [0.4, 0.5) is 0 Å². The second-order valence-electron chi connectivity index (χ2n) is 3.28. The van der Waals surface area contributed by atoms with Gasteiger partial charge in [-0.25, -0.2) is 13.6 Å². The van der Waals surface area contributed by atoms with E-state index in [4.69, 9.17) is 10.2 Å². The highest BCUT2D eigenvalue weighted by molar-refractivity contribution is 7.89. The zero-order valence-corrected chi connectivity index (χ0v) is 7.79. The summed E-state index contributed by atoms with van der Waals surface area (Å²) < 4.78 is 21.5. The van der Waals surface area contributed by atoms with E-state index in [1.807, 2.05) is 4.90 Å². The molecule has 0 radical (unpaired) electrons. The van der Waals surface area contributed by atoms with Crippen molar-refractivity contribution < 1.29 is 13.5 Å². The molecule has 1 unspecified atom stereocenters. The van der Waals surface area contributed by atoms with Crippen molar-refractivity contribution in [1.82, 2.24) is 4.90 Å². The number of nitrogens with zero attached hydrogens (tertiary/aromatic N) is 1. The maximum Gasteiger partial charge on any atom is 0.214 e. The van der Waals surface area contributed by atoms with Crippen molar-refractivity contribution in [3.8, 4) is 0 Å². The number of aliphatic hydroxyl groups excluding tert-OH is 1. The largest absolute Gasteiger partial charge is 0.392 e. The highest BCUT2D eigenvalue weighted by atomic mass is 32.2. The Kier molecular flexibility index (Phi) is 2.72. The molecule has 0 aromatic rings. The van der Waals surface area contributed by atoms with Crippen LogP contribution >= 0.6 is 0 Å². The number of hydrogen-bond donors (Lipinski definition) is 2. The molecule has 0 bridgehead atoms. The van der Waals surface area contributed by atoms with Gasteiger partial charge in [0.15, 0.2) is 0 Å². The number of sulfonamides is 1. The van der Waals surface area contributed by atoms with Gasteiger partial charge in [0.05, 0.1) is 6.10 Å². The summed E-state index contributed by atoms with van der Waals surface area (Å²) in [6, 6.07) is 0. The molecule has 12 heavy (non-hydrogen) atoms. The summed E-state index contributed by atoms with van der Waals surface area (Å²) in [5, 5.41) is 13.4. The van der Waals surface area contributed by atoms with Crippen molar-refractivity contribution in [1.29, 1.82) is 0 Å². The molecule has 1 saturated heterocycles. The van der Waals surface area contributed by atoms with Crippen LogP contribution in [0.5, 0.6) is 0 Å². The molecule has 1 aliphatic heterocycles. The molecule has 1 aliphatic rings. The van der Waals surface area contributed by atoms with Gasteiger partial charge in [-0.15, -0.1) is 0 Å². The number of primary sulfonamides is 1. The summed E-state index contributed by atoms with van der Waals surface area (Å²) in [6.07, 6.45) is -0.411. The molecule has 1 heterocycles. The number of nitrogens with two attached hydrogens (primary N) is 1. The van der Waals surface area contributed by atoms with Gasteiger partial charge in [-0.1, -0.05) is 0 Å². The molecule has 0 amide bonds. The van der Waals surface area contributed by atoms with Crippen molar-refractivity contribution in [2.75, 3.05) is 19.6 Å². The normalized spacial score (nSPS) is 23.6. The first kappa shape index (κ1) is 9.91. The van der Waals surface area contributed by atoms with Crippen LogP contribution in [0.25, 0.3) is 0 Å². The average Bonchev–Trinajstić information content (AvgIpc) is 1.73. The highest BCUT2D eigenvalue weighted by Gasteiger charge is 2.35. The second kappa shape index (κ2) is 3.29. The molecule has 1 atom stereocenters. The molecule has 0 spiro atoms. The van der Waals surface area contributed by atoms with Gasteiger partial charge >= 0.3 is 0 Å². The Morgan fingerprint density at radius 1 is 1.67 bits per heavy atom. The predicted molar refractivity (Wildman–Crippen MR) is 45.0 cm³/mol. The van der Waals surface area contributed by atoms with E-state index in [1.54, 1.807) is 6.92 Å². The Hall–Kier alpha value is -0.170. The molecular weight excluding hydrogens is 180 g/mol. The molecule has 72 valence electrons. The van der Waals surface area contributed by atoms with Gasteiger partial charge in [-0.3, -0.25) is 4.90 Å². The third-order valence-corrected chi connectivity index (χ3v) is 3.14. The molecule has 1 fully saturated rings. The van der Waals surface area contributed by atoms with Crippen LogP contribution in [-0.2, 0) is 10.0 Å². The molecule has 0 aromatic carbocycles. The van der Waals surface area contributed by atoms with Gasteiger partial charge in [0.2, 0.25) is 10.0 Å². The number of aliphatic hydroxyl groups is 1. The van der Waals surface area contributed by atoms with Crippen LogP contribution in [0, 0.1) is 0 Å². The van der Waals surface area contributed by atoms with E-state index in [0.717, 1.165) is 0 Å². The summed E-state index contributed by atoms with van der Waals surface area (Å²) in [6.45, 7) is 3.09. The van der Waals surface area contributed by atoms with Gasteiger partial charge in [0, 0.05) is 19.6 Å². The first-order chi connectivity index (χ1) is 5.39. The summed E-state index contributed by atoms with van der Waals surface area (Å²) in [7, 11) is -3.36. The van der Waals surface area contributed by atoms with Crippen LogP contribution in [0.15, 0.2) is 0 Å². The number of β-amino-alcohol motifs (C(OH)–C–C–N with tert-alkyl or cyclic N) is 1. The van der Waals surface area contributed by atoms with E-state index in [9.17, 15) is 8.42 Å². The van der Waals surface area contributed by atoms with Crippen molar-refractivity contribution in [2.45, 2.75) is 18.3 Å². The fourth-order valence-electron chi connectivity index (χ4n) is 1.25. The standard InChI is InChI=1S/C6H14N2O3S/c1-5(9)2-8-3-6(4-8)12(7,10)11/h5-6,9H,2-4H2,1H3,(H2,7,10,11). The lowest BCUT2D eigenvalue weighted by atomic mass is 10.2. The topological polar surface area (TPSA) is 83.6 Å². The van der Waals surface area contributed by atoms with E-state index in [-0.39, 0.29) is 0 Å². The Balaban J connectivity index is 2.30. The molecule has 3 N–H and O–H groups in total. The minimum absolute atomic E-state index is 0.411. The van der Waals surface area contributed by atoms with E-state index >= 15 is 0 Å². The van der Waals surface area contributed by atoms with Crippen LogP contribution in [0.1, 0.15) is 6.92 Å². The van der Waals surface area contributed by atoms with E-state index in [1.165, 1.54) is 0 Å². The van der Waals surface area contributed by atoms with Crippen molar-refractivity contribution >= 4 is 10.0 Å². The van der Waals surface area contributed by atoms with Crippen molar-refractivity contribution in [3.05, 3.63) is 0 Å². The fraction of sp³-hybridized carbons (Fsp3) is 1.00. The van der Waals surface area contributed by atoms with E-state index in [2.05, 4.69) is 0 Å². The third-order valence-electron chi connectivity index (χ3n) is 1.91. The number of likely N-dealkylation sites (tertiary alicyclic amines) is 1. The average molecular weight is 194 g/mol. The lowest BCUT2D eigenvalue weighted by molar-refractivity contribution is 0.0917. The zero-order chi connectivity index (χ0) is 9.35. The van der Waals surface area contributed by atoms with Crippen molar-refractivity contribution in [3.63, 3.8) is 0 Å². The summed E-state index contributed by atoms with van der Waals surface area (Å²) >= 11 is 0. The highest BCUT2D eigenvalue weighted by Crippen LogP contribution is 2.13. The quantitative estimate of drug-likeness (QED) is 0.563. The van der Waals surface area contributed by atoms with Gasteiger partial charge in [0.1, 0.15) is 5.25 Å².